The van der Waals surface area contributed by atoms with E-state index in [9.17, 15) is 4.79 Å². The number of likely N-dealkylation sites (tertiary alicyclic amines) is 1. The van der Waals surface area contributed by atoms with E-state index < -0.39 is 0 Å². The average Bonchev–Trinajstić information content (AvgIpc) is 3.31. The summed E-state index contributed by atoms with van der Waals surface area (Å²) in [7, 11) is 1.92. The molecule has 1 amide bonds. The number of fused-ring (bicyclic) bond motifs is 1. The Kier molecular flexibility index (Phi) is 5.31. The Morgan fingerprint density at radius 2 is 2.19 bits per heavy atom. The number of H-pyrrole nitrogens is 1. The number of hydrogen-bond donors (Lipinski definition) is 2. The molecule has 4 heterocycles. The monoisotopic (exact) mass is 371 g/mol. The van der Waals surface area contributed by atoms with E-state index in [1.54, 1.807) is 6.33 Å². The van der Waals surface area contributed by atoms with E-state index in [1.165, 1.54) is 0 Å². The molecule has 2 aromatic heterocycles. The lowest BCUT2D eigenvalue weighted by Crippen LogP contribution is -2.45. The lowest BCUT2D eigenvalue weighted by molar-refractivity contribution is -0.133. The van der Waals surface area contributed by atoms with Gasteiger partial charge in [0, 0.05) is 32.3 Å². The molecule has 1 atom stereocenters. The van der Waals surface area contributed by atoms with E-state index in [0.29, 0.717) is 5.92 Å². The molecule has 2 N–H and O–H groups in total. The molecule has 0 spiro atoms. The molecule has 0 saturated carbocycles. The van der Waals surface area contributed by atoms with Crippen molar-refractivity contribution in [2.75, 3.05) is 33.2 Å². The topological polar surface area (TPSA) is 77.4 Å². The maximum Gasteiger partial charge on any atom is 0.245 e. The van der Waals surface area contributed by atoms with Gasteiger partial charge in [-0.25, -0.2) is 4.98 Å². The molecule has 0 bridgehead atoms. The first-order chi connectivity index (χ1) is 13.1. The van der Waals surface area contributed by atoms with E-state index in [-0.39, 0.29) is 11.9 Å². The quantitative estimate of drug-likeness (QED) is 0.839. The highest BCUT2D eigenvalue weighted by molar-refractivity contribution is 5.83. The molecule has 7 heteroatoms. The third kappa shape index (κ3) is 4.09. The minimum Gasteiger partial charge on any atom is -0.465 e. The van der Waals surface area contributed by atoms with Crippen LogP contribution in [0.15, 0.2) is 22.9 Å². The summed E-state index contributed by atoms with van der Waals surface area (Å²) in [5.74, 6) is 2.68. The second-order valence-corrected chi connectivity index (χ2v) is 7.85. The van der Waals surface area contributed by atoms with Crippen molar-refractivity contribution in [3.63, 3.8) is 0 Å². The zero-order valence-corrected chi connectivity index (χ0v) is 16.2. The molecule has 27 heavy (non-hydrogen) atoms. The standard InChI is InChI=1S/C20H29N5O2/c1-14-3-4-16(27-14)12-25-9-6-15(7-10-25)11-24(2)20(26)19-18-17(5-8-21-19)22-13-23-18/h3-4,13,15,19,21H,5-12H2,1-2H3,(H,22,23)/t19-/m1/s1. The maximum absolute atomic E-state index is 12.9. The van der Waals surface area contributed by atoms with Gasteiger partial charge in [-0.15, -0.1) is 0 Å². The van der Waals surface area contributed by atoms with Gasteiger partial charge in [0.25, 0.3) is 0 Å². The number of nitrogens with zero attached hydrogens (tertiary/aromatic N) is 3. The maximum atomic E-state index is 12.9. The molecule has 7 nitrogen and oxygen atoms in total. The van der Waals surface area contributed by atoms with Gasteiger partial charge in [-0.05, 0) is 50.9 Å². The van der Waals surface area contributed by atoms with Crippen LogP contribution in [0, 0.1) is 12.8 Å². The van der Waals surface area contributed by atoms with Crippen LogP contribution >= 0.6 is 0 Å². The Morgan fingerprint density at radius 3 is 2.93 bits per heavy atom. The highest BCUT2D eigenvalue weighted by atomic mass is 16.3. The molecule has 0 unspecified atom stereocenters. The van der Waals surface area contributed by atoms with Crippen molar-refractivity contribution in [1.29, 1.82) is 0 Å². The van der Waals surface area contributed by atoms with Crippen LogP contribution in [0.25, 0.3) is 0 Å². The second kappa shape index (κ2) is 7.86. The number of nitrogens with one attached hydrogen (secondary N) is 2. The molecular formula is C20H29N5O2. The number of carbonyl (C=O) groups is 1. The summed E-state index contributed by atoms with van der Waals surface area (Å²) >= 11 is 0. The first-order valence-corrected chi connectivity index (χ1v) is 9.88. The van der Waals surface area contributed by atoms with E-state index >= 15 is 0 Å². The van der Waals surface area contributed by atoms with Crippen LogP contribution in [0.4, 0.5) is 0 Å². The summed E-state index contributed by atoms with van der Waals surface area (Å²) in [4.78, 5) is 24.8. The number of aromatic nitrogens is 2. The summed E-state index contributed by atoms with van der Waals surface area (Å²) in [5, 5.41) is 3.32. The Hall–Kier alpha value is -2.12. The fraction of sp³-hybridized carbons (Fsp3) is 0.600. The zero-order chi connectivity index (χ0) is 18.8. The molecule has 1 fully saturated rings. The minimum atomic E-state index is -0.313. The largest absolute Gasteiger partial charge is 0.465 e. The van der Waals surface area contributed by atoms with Crippen LogP contribution in [-0.4, -0.2) is 58.9 Å². The highest BCUT2D eigenvalue weighted by Gasteiger charge is 2.31. The number of carbonyl (C=O) groups excluding carboxylic acids is 1. The molecule has 2 aliphatic rings. The van der Waals surface area contributed by atoms with Gasteiger partial charge in [-0.1, -0.05) is 0 Å². The lowest BCUT2D eigenvalue weighted by atomic mass is 9.95. The van der Waals surface area contributed by atoms with Crippen molar-refractivity contribution in [3.8, 4) is 0 Å². The number of hydrogen-bond acceptors (Lipinski definition) is 5. The predicted octanol–water partition coefficient (Wildman–Crippen LogP) is 1.87. The fourth-order valence-corrected chi connectivity index (χ4v) is 4.24. The van der Waals surface area contributed by atoms with Crippen molar-refractivity contribution in [3.05, 3.63) is 41.4 Å². The van der Waals surface area contributed by atoms with Crippen LogP contribution in [0.2, 0.25) is 0 Å². The summed E-state index contributed by atoms with van der Waals surface area (Å²) < 4.78 is 5.69. The van der Waals surface area contributed by atoms with Crippen LogP contribution in [0.3, 0.4) is 0 Å². The van der Waals surface area contributed by atoms with Gasteiger partial charge in [-0.2, -0.15) is 0 Å². The number of rotatable bonds is 5. The smallest absolute Gasteiger partial charge is 0.245 e. The predicted molar refractivity (Wildman–Crippen MR) is 102 cm³/mol. The Bertz CT molecular complexity index is 775. The van der Waals surface area contributed by atoms with Crippen molar-refractivity contribution in [1.82, 2.24) is 25.1 Å². The van der Waals surface area contributed by atoms with Gasteiger partial charge < -0.3 is 19.6 Å². The number of furan rings is 1. The first-order valence-electron chi connectivity index (χ1n) is 9.88. The zero-order valence-electron chi connectivity index (χ0n) is 16.2. The number of likely N-dealkylation sites (N-methyl/N-ethyl adjacent to an activating group) is 1. The second-order valence-electron chi connectivity index (χ2n) is 7.85. The van der Waals surface area contributed by atoms with E-state index in [4.69, 9.17) is 4.42 Å². The Balaban J connectivity index is 1.27. The molecule has 0 radical (unpaired) electrons. The van der Waals surface area contributed by atoms with Gasteiger partial charge in [0.2, 0.25) is 5.91 Å². The van der Waals surface area contributed by atoms with Gasteiger partial charge in [-0.3, -0.25) is 9.69 Å². The van der Waals surface area contributed by atoms with Gasteiger partial charge in [0.05, 0.1) is 18.6 Å². The van der Waals surface area contributed by atoms with Crippen LogP contribution in [0.1, 0.15) is 41.8 Å². The minimum absolute atomic E-state index is 0.122. The average molecular weight is 371 g/mol. The summed E-state index contributed by atoms with van der Waals surface area (Å²) in [6.07, 6.45) is 4.82. The molecule has 4 rings (SSSR count). The number of amides is 1. The molecule has 0 aromatic carbocycles. The van der Waals surface area contributed by atoms with Gasteiger partial charge in [0.15, 0.2) is 0 Å². The molecule has 1 saturated heterocycles. The molecule has 2 aromatic rings. The number of imidazole rings is 1. The number of piperidine rings is 1. The van der Waals surface area contributed by atoms with E-state index in [1.807, 2.05) is 24.9 Å². The molecule has 0 aliphatic carbocycles. The lowest BCUT2D eigenvalue weighted by Gasteiger charge is -2.34. The Morgan fingerprint density at radius 1 is 1.37 bits per heavy atom. The Labute approximate surface area is 160 Å². The third-order valence-electron chi connectivity index (χ3n) is 5.79. The number of aryl methyl sites for hydroxylation is 1. The first kappa shape index (κ1) is 18.3. The normalized spacial score (nSPS) is 21.2. The highest BCUT2D eigenvalue weighted by Crippen LogP contribution is 2.24. The summed E-state index contributed by atoms with van der Waals surface area (Å²) in [6, 6.07) is 3.77. The van der Waals surface area contributed by atoms with Crippen molar-refractivity contribution in [2.24, 2.45) is 5.92 Å². The van der Waals surface area contributed by atoms with Crippen LogP contribution in [0.5, 0.6) is 0 Å². The van der Waals surface area contributed by atoms with Crippen molar-refractivity contribution < 1.29 is 9.21 Å². The van der Waals surface area contributed by atoms with E-state index in [2.05, 4.69) is 26.3 Å². The van der Waals surface area contributed by atoms with Crippen molar-refractivity contribution in [2.45, 2.75) is 38.8 Å². The SMILES string of the molecule is Cc1ccc(CN2CCC(CN(C)C(=O)[C@@H]3NCCc4[nH]cnc43)CC2)o1. The molecule has 146 valence electrons. The summed E-state index contributed by atoms with van der Waals surface area (Å²) in [5.41, 5.74) is 1.95. The van der Waals surface area contributed by atoms with Gasteiger partial charge >= 0.3 is 0 Å². The number of aromatic amines is 1. The van der Waals surface area contributed by atoms with Gasteiger partial charge in [0.1, 0.15) is 17.6 Å². The molecular weight excluding hydrogens is 342 g/mol. The van der Waals surface area contributed by atoms with E-state index in [0.717, 1.165) is 74.9 Å². The third-order valence-corrected chi connectivity index (χ3v) is 5.79. The summed E-state index contributed by atoms with van der Waals surface area (Å²) in [6.45, 7) is 6.59. The fourth-order valence-electron chi connectivity index (χ4n) is 4.24. The molecule has 2 aliphatic heterocycles. The van der Waals surface area contributed by atoms with Crippen LogP contribution in [-0.2, 0) is 17.8 Å². The van der Waals surface area contributed by atoms with Crippen molar-refractivity contribution >= 4 is 5.91 Å². The van der Waals surface area contributed by atoms with Crippen LogP contribution < -0.4 is 5.32 Å².